The molecular weight excluding hydrogens is 665 g/mol. The highest BCUT2D eigenvalue weighted by Crippen LogP contribution is 2.39. The van der Waals surface area contributed by atoms with Gasteiger partial charge in [0.25, 0.3) is 0 Å². The molecule has 2 fully saturated rings. The van der Waals surface area contributed by atoms with Crippen LogP contribution in [0.15, 0.2) is 97.1 Å². The smallest absolute Gasteiger partial charge is 0.224 e. The van der Waals surface area contributed by atoms with Crippen LogP contribution < -0.4 is 16.4 Å². The van der Waals surface area contributed by atoms with Crippen molar-refractivity contribution in [1.29, 1.82) is 0 Å². The number of anilines is 2. The zero-order valence-corrected chi connectivity index (χ0v) is 30.7. The van der Waals surface area contributed by atoms with Gasteiger partial charge in [-0.2, -0.15) is 0 Å². The number of aliphatic hydroxyl groups excluding tert-OH is 1. The molecule has 6 rings (SSSR count). The normalized spacial score (nSPS) is 19.5. The van der Waals surface area contributed by atoms with Crippen molar-refractivity contribution in [3.05, 3.63) is 119 Å². The molecule has 53 heavy (non-hydrogen) atoms. The summed E-state index contributed by atoms with van der Waals surface area (Å²) in [5.74, 6) is -0.142. The van der Waals surface area contributed by atoms with Gasteiger partial charge in [-0.1, -0.05) is 98.1 Å². The Morgan fingerprint density at radius 2 is 1.43 bits per heavy atom. The highest BCUT2D eigenvalue weighted by atomic mass is 16.7. The van der Waals surface area contributed by atoms with Gasteiger partial charge in [-0.25, -0.2) is 0 Å². The van der Waals surface area contributed by atoms with Gasteiger partial charge >= 0.3 is 0 Å². The number of amides is 2. The van der Waals surface area contributed by atoms with Gasteiger partial charge in [-0.15, -0.1) is 0 Å². The molecule has 2 saturated heterocycles. The van der Waals surface area contributed by atoms with Crippen molar-refractivity contribution in [3.8, 4) is 11.1 Å². The predicted molar refractivity (Wildman–Crippen MR) is 210 cm³/mol. The van der Waals surface area contributed by atoms with Crippen molar-refractivity contribution in [2.45, 2.75) is 95.9 Å². The lowest BCUT2D eigenvalue weighted by Gasteiger charge is -2.38. The number of carbonyl (C=O) groups excluding carboxylic acids is 2. The molecule has 0 saturated carbocycles. The molecule has 9 nitrogen and oxygen atoms in total. The van der Waals surface area contributed by atoms with Crippen LogP contribution >= 0.6 is 0 Å². The number of benzene rings is 4. The molecule has 3 atom stereocenters. The van der Waals surface area contributed by atoms with Crippen LogP contribution in [-0.4, -0.2) is 47.6 Å². The summed E-state index contributed by atoms with van der Waals surface area (Å²) in [6, 6.07) is 31.8. The summed E-state index contributed by atoms with van der Waals surface area (Å²) in [5, 5.41) is 15.4. The van der Waals surface area contributed by atoms with Crippen molar-refractivity contribution < 1.29 is 24.2 Å². The second kappa shape index (κ2) is 19.5. The van der Waals surface area contributed by atoms with E-state index in [2.05, 4.69) is 64.1 Å². The maximum absolute atomic E-state index is 12.6. The monoisotopic (exact) mass is 718 g/mol. The number of para-hydroxylation sites is 2. The van der Waals surface area contributed by atoms with Crippen LogP contribution in [0.4, 0.5) is 11.4 Å². The van der Waals surface area contributed by atoms with E-state index in [0.717, 1.165) is 59.4 Å². The molecule has 9 heteroatoms. The summed E-state index contributed by atoms with van der Waals surface area (Å²) in [5.41, 5.74) is 13.2. The number of nitrogens with zero attached hydrogens (tertiary/aromatic N) is 1. The Labute approximate surface area is 313 Å². The van der Waals surface area contributed by atoms with Crippen LogP contribution in [0.1, 0.15) is 98.9 Å². The number of carbonyl (C=O) groups is 2. The minimum atomic E-state index is -0.487. The van der Waals surface area contributed by atoms with Crippen molar-refractivity contribution in [3.63, 3.8) is 0 Å². The Morgan fingerprint density at radius 1 is 0.736 bits per heavy atom. The molecule has 4 aromatic rings. The number of rotatable bonds is 14. The number of likely N-dealkylation sites (tertiary alicyclic amines) is 1. The Hall–Kier alpha value is -4.54. The fourth-order valence-electron chi connectivity index (χ4n) is 7.19. The van der Waals surface area contributed by atoms with Crippen molar-refractivity contribution in [1.82, 2.24) is 10.2 Å². The first-order valence-corrected chi connectivity index (χ1v) is 19.3. The summed E-state index contributed by atoms with van der Waals surface area (Å²) < 4.78 is 13.3. The van der Waals surface area contributed by atoms with E-state index in [1.165, 1.54) is 32.1 Å². The van der Waals surface area contributed by atoms with Gasteiger partial charge in [-0.3, -0.25) is 9.59 Å². The Kier molecular flexibility index (Phi) is 14.1. The average Bonchev–Trinajstić information content (AvgIpc) is 3.18. The molecule has 2 aliphatic rings. The zero-order valence-electron chi connectivity index (χ0n) is 30.7. The average molecular weight is 719 g/mol. The predicted octanol–water partition coefficient (Wildman–Crippen LogP) is 8.05. The fraction of sp³-hybridized carbons (Fsp3) is 0.409. The quantitative estimate of drug-likeness (QED) is 0.0768. The van der Waals surface area contributed by atoms with Gasteiger partial charge in [0.15, 0.2) is 6.29 Å². The molecule has 280 valence electrons. The van der Waals surface area contributed by atoms with E-state index in [4.69, 9.17) is 15.2 Å². The van der Waals surface area contributed by atoms with Crippen LogP contribution in [0.5, 0.6) is 0 Å². The molecule has 2 amide bonds. The molecule has 4 aromatic carbocycles. The number of nitrogens with two attached hydrogens (primary N) is 1. The molecule has 0 radical (unpaired) electrons. The van der Waals surface area contributed by atoms with Crippen LogP contribution in [0, 0.1) is 0 Å². The van der Waals surface area contributed by atoms with Crippen LogP contribution in [-0.2, 0) is 32.2 Å². The zero-order chi connectivity index (χ0) is 36.8. The summed E-state index contributed by atoms with van der Waals surface area (Å²) in [6.45, 7) is 3.58. The lowest BCUT2D eigenvalue weighted by molar-refractivity contribution is -0.253. The fourth-order valence-corrected chi connectivity index (χ4v) is 7.19. The van der Waals surface area contributed by atoms with E-state index < -0.39 is 6.29 Å². The maximum atomic E-state index is 12.6. The minimum Gasteiger partial charge on any atom is -0.397 e. The summed E-state index contributed by atoms with van der Waals surface area (Å²) in [7, 11) is 0. The van der Waals surface area contributed by atoms with E-state index in [-0.39, 0.29) is 30.6 Å². The molecule has 2 heterocycles. The molecule has 0 aromatic heterocycles. The molecule has 0 unspecified atom stereocenters. The second-order valence-corrected chi connectivity index (χ2v) is 14.4. The van der Waals surface area contributed by atoms with Gasteiger partial charge in [0, 0.05) is 37.9 Å². The number of aliphatic hydroxyl groups is 1. The van der Waals surface area contributed by atoms with Crippen molar-refractivity contribution in [2.75, 3.05) is 30.7 Å². The SMILES string of the molecule is Nc1ccccc1NC(=O)CCCCC(=O)NCc1cccc(-c2ccc([C@@H]3O[C@H](CN4CCCCCCC4)C[C@H](c4ccc(CO)cc4)O3)cc2)c1. The first-order chi connectivity index (χ1) is 25.9. The first kappa shape index (κ1) is 38.2. The number of hydrogen-bond acceptors (Lipinski definition) is 7. The number of ether oxygens (including phenoxy) is 2. The van der Waals surface area contributed by atoms with Crippen LogP contribution in [0.2, 0.25) is 0 Å². The highest BCUT2D eigenvalue weighted by Gasteiger charge is 2.33. The number of nitrogen functional groups attached to an aromatic ring is 1. The molecule has 2 aliphatic heterocycles. The number of unbranched alkanes of at least 4 members (excludes halogenated alkanes) is 1. The van der Waals surface area contributed by atoms with Gasteiger partial charge in [0.2, 0.25) is 11.8 Å². The lowest BCUT2D eigenvalue weighted by atomic mass is 9.98. The molecule has 0 aliphatic carbocycles. The van der Waals surface area contributed by atoms with Gasteiger partial charge < -0.3 is 35.8 Å². The second-order valence-electron chi connectivity index (χ2n) is 14.4. The Balaban J connectivity index is 1.02. The number of nitrogens with one attached hydrogen (secondary N) is 2. The Morgan fingerprint density at radius 3 is 2.17 bits per heavy atom. The summed E-state index contributed by atoms with van der Waals surface area (Å²) in [4.78, 5) is 27.4. The summed E-state index contributed by atoms with van der Waals surface area (Å²) in [6.07, 6.45) is 8.58. The van der Waals surface area contributed by atoms with Gasteiger partial charge in [0.05, 0.1) is 30.2 Å². The van der Waals surface area contributed by atoms with E-state index in [0.29, 0.717) is 43.6 Å². The third kappa shape index (κ3) is 11.5. The van der Waals surface area contributed by atoms with E-state index in [1.54, 1.807) is 12.1 Å². The van der Waals surface area contributed by atoms with Gasteiger partial charge in [0.1, 0.15) is 0 Å². The van der Waals surface area contributed by atoms with E-state index >= 15 is 0 Å². The first-order valence-electron chi connectivity index (χ1n) is 19.3. The Bertz CT molecular complexity index is 1750. The largest absolute Gasteiger partial charge is 0.397 e. The van der Waals surface area contributed by atoms with Crippen molar-refractivity contribution in [2.24, 2.45) is 0 Å². The molecule has 0 bridgehead atoms. The maximum Gasteiger partial charge on any atom is 0.224 e. The van der Waals surface area contributed by atoms with E-state index in [9.17, 15) is 14.7 Å². The molecule has 0 spiro atoms. The third-order valence-electron chi connectivity index (χ3n) is 10.3. The number of hydrogen-bond donors (Lipinski definition) is 4. The van der Waals surface area contributed by atoms with Crippen LogP contribution in [0.3, 0.4) is 0 Å². The molecular formula is C44H54N4O5. The molecule has 5 N–H and O–H groups in total. The summed E-state index contributed by atoms with van der Waals surface area (Å²) >= 11 is 0. The standard InChI is InChI=1S/C44H54N4O5/c45-39-13-4-5-14-40(39)47-43(51)16-7-6-15-42(50)46-29-33-11-10-12-37(27-33)34-21-23-36(24-22-34)44-52-38(30-48-25-8-2-1-3-9-26-48)28-41(53-44)35-19-17-32(31-49)18-20-35/h4-5,10-14,17-24,27,38,41,44,49H,1-3,6-9,15-16,25-26,28-31,45H2,(H,46,50)(H,47,51)/t38-,41+,44+/m0/s1. The topological polar surface area (TPSA) is 126 Å². The van der Waals surface area contributed by atoms with Gasteiger partial charge in [-0.05, 0) is 84.8 Å². The lowest BCUT2D eigenvalue weighted by Crippen LogP contribution is -2.40. The van der Waals surface area contributed by atoms with Crippen molar-refractivity contribution >= 4 is 23.2 Å². The van der Waals surface area contributed by atoms with E-state index in [1.807, 2.05) is 36.4 Å². The highest BCUT2D eigenvalue weighted by molar-refractivity contribution is 5.93. The third-order valence-corrected chi connectivity index (χ3v) is 10.3. The minimum absolute atomic E-state index is 0.0224. The van der Waals surface area contributed by atoms with Crippen LogP contribution in [0.25, 0.3) is 11.1 Å².